The Morgan fingerprint density at radius 2 is 2.00 bits per heavy atom. The molecule has 1 aromatic rings. The number of nitrogens with zero attached hydrogens (tertiary/aromatic N) is 1. The minimum atomic E-state index is -0.241. The Morgan fingerprint density at radius 3 is 2.70 bits per heavy atom. The molecule has 3 rings (SSSR count). The molecular weight excluding hydrogens is 252 g/mol. The number of carbonyl (C=O) groups excluding carboxylic acids is 1. The van der Waals surface area contributed by atoms with E-state index in [9.17, 15) is 9.90 Å². The zero-order valence-corrected chi connectivity index (χ0v) is 11.7. The third kappa shape index (κ3) is 2.52. The number of anilines is 1. The molecule has 1 saturated heterocycles. The molecule has 0 unspecified atom stereocenters. The quantitative estimate of drug-likeness (QED) is 0.827. The van der Waals surface area contributed by atoms with Crippen molar-refractivity contribution in [3.63, 3.8) is 0 Å². The third-order valence-corrected chi connectivity index (χ3v) is 4.78. The fraction of sp³-hybridized carbons (Fsp3) is 0.562. The van der Waals surface area contributed by atoms with E-state index in [1.807, 2.05) is 35.2 Å². The van der Waals surface area contributed by atoms with Gasteiger partial charge >= 0.3 is 6.03 Å². The summed E-state index contributed by atoms with van der Waals surface area (Å²) in [6.07, 6.45) is 4.80. The third-order valence-electron chi connectivity index (χ3n) is 4.78. The maximum absolute atomic E-state index is 12.3. The van der Waals surface area contributed by atoms with Crippen molar-refractivity contribution in [1.82, 2.24) is 4.90 Å². The van der Waals surface area contributed by atoms with Crippen LogP contribution in [0.2, 0.25) is 0 Å². The van der Waals surface area contributed by atoms with Crippen LogP contribution < -0.4 is 5.32 Å². The van der Waals surface area contributed by atoms with E-state index in [1.165, 1.54) is 0 Å². The average Bonchev–Trinajstić information content (AvgIpc) is 2.81. The number of amides is 2. The summed E-state index contributed by atoms with van der Waals surface area (Å²) in [5.74, 6) is 0. The molecule has 2 aliphatic rings. The minimum Gasteiger partial charge on any atom is -0.392 e. The van der Waals surface area contributed by atoms with Crippen LogP contribution in [0.25, 0.3) is 0 Å². The second kappa shape index (κ2) is 5.44. The molecule has 1 aliphatic carbocycles. The monoisotopic (exact) mass is 274 g/mol. The van der Waals surface area contributed by atoms with Gasteiger partial charge in [0.2, 0.25) is 0 Å². The van der Waals surface area contributed by atoms with E-state index in [4.69, 9.17) is 0 Å². The van der Waals surface area contributed by atoms with Crippen LogP contribution >= 0.6 is 0 Å². The molecule has 1 spiro atoms. The lowest BCUT2D eigenvalue weighted by atomic mass is 9.77. The van der Waals surface area contributed by atoms with Gasteiger partial charge in [-0.05, 0) is 37.8 Å². The Kier molecular flexibility index (Phi) is 3.66. The van der Waals surface area contributed by atoms with Crippen molar-refractivity contribution >= 4 is 11.7 Å². The van der Waals surface area contributed by atoms with Crippen LogP contribution in [-0.2, 0) is 0 Å². The fourth-order valence-electron chi connectivity index (χ4n) is 3.65. The molecule has 0 radical (unpaired) electrons. The number of likely N-dealkylation sites (tertiary alicyclic amines) is 1. The van der Waals surface area contributed by atoms with Crippen LogP contribution in [0.3, 0.4) is 0 Å². The van der Waals surface area contributed by atoms with Gasteiger partial charge < -0.3 is 15.3 Å². The van der Waals surface area contributed by atoms with E-state index >= 15 is 0 Å². The Labute approximate surface area is 119 Å². The van der Waals surface area contributed by atoms with E-state index in [1.54, 1.807) is 0 Å². The van der Waals surface area contributed by atoms with Gasteiger partial charge in [-0.25, -0.2) is 4.79 Å². The Bertz CT molecular complexity index is 477. The highest BCUT2D eigenvalue weighted by Crippen LogP contribution is 2.45. The zero-order valence-electron chi connectivity index (χ0n) is 11.7. The molecule has 0 aromatic heterocycles. The van der Waals surface area contributed by atoms with Crippen molar-refractivity contribution in [2.24, 2.45) is 5.41 Å². The molecule has 2 atom stereocenters. The Morgan fingerprint density at radius 1 is 1.25 bits per heavy atom. The van der Waals surface area contributed by atoms with Crippen molar-refractivity contribution in [2.75, 3.05) is 18.4 Å². The van der Waals surface area contributed by atoms with Crippen LogP contribution in [0.4, 0.5) is 10.5 Å². The number of aliphatic hydroxyl groups excluding tert-OH is 1. The summed E-state index contributed by atoms with van der Waals surface area (Å²) in [5, 5.41) is 13.2. The summed E-state index contributed by atoms with van der Waals surface area (Å²) in [5.41, 5.74) is 0.774. The zero-order chi connectivity index (χ0) is 14.0. The summed E-state index contributed by atoms with van der Waals surface area (Å²) in [6.45, 7) is 1.47. The van der Waals surface area contributed by atoms with Gasteiger partial charge in [0.15, 0.2) is 0 Å². The lowest BCUT2D eigenvalue weighted by Gasteiger charge is -2.42. The fourth-order valence-corrected chi connectivity index (χ4v) is 3.65. The van der Waals surface area contributed by atoms with E-state index in [-0.39, 0.29) is 17.6 Å². The molecule has 4 nitrogen and oxygen atoms in total. The average molecular weight is 274 g/mol. The van der Waals surface area contributed by atoms with E-state index in [0.717, 1.165) is 44.3 Å². The van der Waals surface area contributed by atoms with Gasteiger partial charge in [0.25, 0.3) is 0 Å². The number of aliphatic hydroxyl groups is 1. The van der Waals surface area contributed by atoms with E-state index < -0.39 is 0 Å². The van der Waals surface area contributed by atoms with Gasteiger partial charge in [0, 0.05) is 24.2 Å². The number of para-hydroxylation sites is 1. The second-order valence-corrected chi connectivity index (χ2v) is 6.09. The molecule has 1 saturated carbocycles. The number of hydrogen-bond acceptors (Lipinski definition) is 2. The van der Waals surface area contributed by atoms with Crippen LogP contribution in [0.1, 0.15) is 32.1 Å². The van der Waals surface area contributed by atoms with Crippen LogP contribution in [0.15, 0.2) is 30.3 Å². The largest absolute Gasteiger partial charge is 0.392 e. The molecule has 1 heterocycles. The summed E-state index contributed by atoms with van der Waals surface area (Å²) >= 11 is 0. The van der Waals surface area contributed by atoms with Crippen LogP contribution in [-0.4, -0.2) is 35.2 Å². The first kappa shape index (κ1) is 13.4. The van der Waals surface area contributed by atoms with Crippen molar-refractivity contribution < 1.29 is 9.90 Å². The predicted molar refractivity (Wildman–Crippen MR) is 78.6 cm³/mol. The first-order valence-electron chi connectivity index (χ1n) is 7.49. The van der Waals surface area contributed by atoms with E-state index in [0.29, 0.717) is 6.54 Å². The number of rotatable bonds is 1. The van der Waals surface area contributed by atoms with E-state index in [2.05, 4.69) is 5.32 Å². The highest BCUT2D eigenvalue weighted by molar-refractivity contribution is 5.89. The highest BCUT2D eigenvalue weighted by atomic mass is 16.3. The summed E-state index contributed by atoms with van der Waals surface area (Å²) < 4.78 is 0. The molecule has 1 aliphatic heterocycles. The first-order chi connectivity index (χ1) is 9.70. The van der Waals surface area contributed by atoms with Gasteiger partial charge in [0.05, 0.1) is 6.10 Å². The summed E-state index contributed by atoms with van der Waals surface area (Å²) in [6, 6.07) is 9.49. The van der Waals surface area contributed by atoms with Crippen molar-refractivity contribution in [3.05, 3.63) is 30.3 Å². The van der Waals surface area contributed by atoms with Gasteiger partial charge in [-0.15, -0.1) is 0 Å². The number of nitrogens with one attached hydrogen (secondary N) is 1. The minimum absolute atomic E-state index is 0.0469. The van der Waals surface area contributed by atoms with Gasteiger partial charge in [-0.1, -0.05) is 24.6 Å². The lowest BCUT2D eigenvalue weighted by Crippen LogP contribution is -2.50. The molecule has 2 fully saturated rings. The Balaban J connectivity index is 1.66. The summed E-state index contributed by atoms with van der Waals surface area (Å²) in [7, 11) is 0. The molecule has 0 bridgehead atoms. The highest BCUT2D eigenvalue weighted by Gasteiger charge is 2.45. The molecule has 1 aromatic carbocycles. The maximum Gasteiger partial charge on any atom is 0.321 e. The smallest absolute Gasteiger partial charge is 0.321 e. The number of carbonyl (C=O) groups is 1. The maximum atomic E-state index is 12.3. The normalized spacial score (nSPS) is 29.6. The van der Waals surface area contributed by atoms with Crippen LogP contribution in [0.5, 0.6) is 0 Å². The van der Waals surface area contributed by atoms with Gasteiger partial charge in [-0.3, -0.25) is 0 Å². The molecule has 2 N–H and O–H groups in total. The predicted octanol–water partition coefficient (Wildman–Crippen LogP) is 2.85. The molecule has 20 heavy (non-hydrogen) atoms. The molecular formula is C16H22N2O2. The Hall–Kier alpha value is -1.55. The number of hydrogen-bond donors (Lipinski definition) is 2. The van der Waals surface area contributed by atoms with Crippen LogP contribution in [0, 0.1) is 5.41 Å². The molecule has 4 heteroatoms. The molecule has 108 valence electrons. The van der Waals surface area contributed by atoms with Gasteiger partial charge in [-0.2, -0.15) is 0 Å². The number of urea groups is 1. The standard InChI is InChI=1S/C16H22N2O2/c19-14-8-4-9-16(14)10-5-11-18(12-16)15(20)17-13-6-2-1-3-7-13/h1-3,6-7,14,19H,4-5,8-12H2,(H,17,20)/t14-,16-/m1/s1. The number of benzene rings is 1. The summed E-state index contributed by atoms with van der Waals surface area (Å²) in [4.78, 5) is 14.2. The second-order valence-electron chi connectivity index (χ2n) is 6.09. The molecule has 2 amide bonds. The van der Waals surface area contributed by atoms with Crippen molar-refractivity contribution in [3.8, 4) is 0 Å². The SMILES string of the molecule is O=C(Nc1ccccc1)N1CCC[C@]2(CCC[C@H]2O)C1. The first-order valence-corrected chi connectivity index (χ1v) is 7.49. The topological polar surface area (TPSA) is 52.6 Å². The van der Waals surface area contributed by atoms with Gasteiger partial charge in [0.1, 0.15) is 0 Å². The lowest BCUT2D eigenvalue weighted by molar-refractivity contribution is 0.00400. The number of piperidine rings is 1. The van der Waals surface area contributed by atoms with Crippen molar-refractivity contribution in [1.29, 1.82) is 0 Å². The van der Waals surface area contributed by atoms with Crippen molar-refractivity contribution in [2.45, 2.75) is 38.2 Å².